The number of aromatic amines is 2. The summed E-state index contributed by atoms with van der Waals surface area (Å²) in [4.78, 5) is 33.0. The van der Waals surface area contributed by atoms with Crippen LogP contribution in [-0.2, 0) is 11.2 Å². The quantitative estimate of drug-likeness (QED) is 0.483. The van der Waals surface area contributed by atoms with E-state index in [1.54, 1.807) is 0 Å². The molecule has 0 fully saturated rings. The van der Waals surface area contributed by atoms with Gasteiger partial charge in [0.2, 0.25) is 0 Å². The lowest BCUT2D eigenvalue weighted by Gasteiger charge is -1.97. The number of aliphatic carboxylic acids is 1. The Morgan fingerprint density at radius 1 is 1.50 bits per heavy atom. The molecule has 0 unspecified atom stereocenters. The maximum absolute atomic E-state index is 10.7. The Balaban J connectivity index is 3.10. The van der Waals surface area contributed by atoms with Crippen LogP contribution in [-0.4, -0.2) is 21.2 Å². The highest BCUT2D eigenvalue weighted by Gasteiger charge is 2.01. The Kier molecular flexibility index (Phi) is 2.04. The maximum atomic E-state index is 10.7. The minimum atomic E-state index is -1.43. The summed E-state index contributed by atoms with van der Waals surface area (Å²) in [6.45, 7) is 0. The number of carbonyl (C=O) groups is 1. The molecule has 0 radical (unpaired) electrons. The Morgan fingerprint density at radius 3 is 2.67 bits per heavy atom. The summed E-state index contributed by atoms with van der Waals surface area (Å²) < 4.78 is 0. The normalized spacial score (nSPS) is 9.67. The molecule has 1 aromatic rings. The number of rotatable bonds is 2. The molecule has 2 N–H and O–H groups in total. The molecule has 1 aromatic heterocycles. The van der Waals surface area contributed by atoms with E-state index in [4.69, 9.17) is 0 Å². The largest absolute Gasteiger partial charge is 0.550 e. The minimum absolute atomic E-state index is 0.283. The van der Waals surface area contributed by atoms with Gasteiger partial charge >= 0.3 is 5.69 Å². The van der Waals surface area contributed by atoms with Gasteiger partial charge in [0.25, 0.3) is 5.56 Å². The zero-order valence-electron chi connectivity index (χ0n) is 5.79. The van der Waals surface area contributed by atoms with Gasteiger partial charge in [-0.25, -0.2) is 9.89 Å². The van der Waals surface area contributed by atoms with E-state index >= 15 is 0 Å². The fourth-order valence-electron chi connectivity index (χ4n) is 0.629. The summed E-state index contributed by atoms with van der Waals surface area (Å²) in [6, 6.07) is 0. The van der Waals surface area contributed by atoms with E-state index in [0.717, 1.165) is 0 Å². The van der Waals surface area contributed by atoms with Gasteiger partial charge in [-0.15, -0.1) is 0 Å². The van der Waals surface area contributed by atoms with Crippen molar-refractivity contribution in [3.8, 4) is 0 Å². The van der Waals surface area contributed by atoms with E-state index in [2.05, 4.69) is 5.10 Å². The van der Waals surface area contributed by atoms with Crippen molar-refractivity contribution >= 4 is 5.97 Å². The molecule has 0 aliphatic heterocycles. The van der Waals surface area contributed by atoms with Crippen molar-refractivity contribution in [2.45, 2.75) is 6.42 Å². The second kappa shape index (κ2) is 2.99. The van der Waals surface area contributed by atoms with Gasteiger partial charge < -0.3 is 9.90 Å². The number of carboxylic acids is 1. The summed E-state index contributed by atoms with van der Waals surface area (Å²) >= 11 is 0. The minimum Gasteiger partial charge on any atom is -0.550 e. The van der Waals surface area contributed by atoms with E-state index in [1.807, 2.05) is 10.1 Å². The van der Waals surface area contributed by atoms with Crippen molar-refractivity contribution in [3.05, 3.63) is 26.5 Å². The second-order valence-electron chi connectivity index (χ2n) is 2.00. The molecule has 0 atom stereocenters. The van der Waals surface area contributed by atoms with Crippen LogP contribution in [0.25, 0.3) is 0 Å². The first-order chi connectivity index (χ1) is 5.59. The molecule has 0 amide bonds. The molecular weight excluding hydrogens is 166 g/mol. The molecule has 0 spiro atoms. The zero-order chi connectivity index (χ0) is 9.14. The maximum Gasteiger partial charge on any atom is 0.342 e. The number of hydrogen-bond acceptors (Lipinski definition) is 5. The van der Waals surface area contributed by atoms with Crippen LogP contribution in [0.4, 0.5) is 0 Å². The molecule has 7 heteroatoms. The zero-order valence-corrected chi connectivity index (χ0v) is 5.79. The standard InChI is InChI=1S/C5H5N3O4/c9-3(10)1-2-4(11)6-5(12)8-7-2/h1H2,(H,9,10)(H2,6,8,11,12)/p-1. The summed E-state index contributed by atoms with van der Waals surface area (Å²) in [5.74, 6) is -1.43. The third kappa shape index (κ3) is 1.78. The van der Waals surface area contributed by atoms with Gasteiger partial charge in [-0.2, -0.15) is 5.10 Å². The average molecular weight is 170 g/mol. The third-order valence-corrected chi connectivity index (χ3v) is 1.09. The van der Waals surface area contributed by atoms with Gasteiger partial charge in [0.1, 0.15) is 5.69 Å². The van der Waals surface area contributed by atoms with Gasteiger partial charge in [0.15, 0.2) is 0 Å². The van der Waals surface area contributed by atoms with Crippen molar-refractivity contribution in [2.24, 2.45) is 0 Å². The molecule has 1 heterocycles. The Labute approximate surface area is 65.1 Å². The third-order valence-electron chi connectivity index (χ3n) is 1.09. The number of nitrogens with one attached hydrogen (secondary N) is 2. The lowest BCUT2D eigenvalue weighted by atomic mass is 10.3. The Hall–Kier alpha value is -1.92. The predicted octanol–water partition coefficient (Wildman–Crippen LogP) is -3.25. The lowest BCUT2D eigenvalue weighted by molar-refractivity contribution is -0.304. The molecule has 0 bridgehead atoms. The fraction of sp³-hybridized carbons (Fsp3) is 0.200. The van der Waals surface area contributed by atoms with Crippen molar-refractivity contribution in [2.75, 3.05) is 0 Å². The number of carbonyl (C=O) groups excluding carboxylic acids is 1. The van der Waals surface area contributed by atoms with Gasteiger partial charge in [-0.3, -0.25) is 9.78 Å². The van der Waals surface area contributed by atoms with Crippen LogP contribution in [0, 0.1) is 0 Å². The average Bonchev–Trinajstić information content (AvgIpc) is 1.94. The number of aromatic nitrogens is 3. The lowest BCUT2D eigenvalue weighted by Crippen LogP contribution is -2.32. The van der Waals surface area contributed by atoms with E-state index in [9.17, 15) is 19.5 Å². The fourth-order valence-corrected chi connectivity index (χ4v) is 0.629. The molecule has 12 heavy (non-hydrogen) atoms. The molecule has 0 saturated carbocycles. The predicted molar refractivity (Wildman–Crippen MR) is 34.2 cm³/mol. The van der Waals surface area contributed by atoms with Crippen LogP contribution in [0.2, 0.25) is 0 Å². The molecular formula is C5H4N3O4-. The summed E-state index contributed by atoms with van der Waals surface area (Å²) in [6.07, 6.45) is -0.619. The van der Waals surface area contributed by atoms with Crippen LogP contribution in [0.3, 0.4) is 0 Å². The molecule has 0 aliphatic carbocycles. The highest BCUT2D eigenvalue weighted by molar-refractivity contribution is 5.66. The molecule has 0 aromatic carbocycles. The van der Waals surface area contributed by atoms with E-state index in [-0.39, 0.29) is 5.69 Å². The first kappa shape index (κ1) is 8.18. The summed E-state index contributed by atoms with van der Waals surface area (Å²) in [5.41, 5.74) is -1.88. The highest BCUT2D eigenvalue weighted by Crippen LogP contribution is 1.78. The van der Waals surface area contributed by atoms with Crippen molar-refractivity contribution < 1.29 is 9.90 Å². The van der Waals surface area contributed by atoms with Crippen LogP contribution < -0.4 is 16.4 Å². The number of nitrogens with zero attached hydrogens (tertiary/aromatic N) is 1. The van der Waals surface area contributed by atoms with E-state index in [1.165, 1.54) is 0 Å². The van der Waals surface area contributed by atoms with Crippen molar-refractivity contribution in [1.29, 1.82) is 0 Å². The van der Waals surface area contributed by atoms with Gasteiger partial charge in [-0.05, 0) is 0 Å². The van der Waals surface area contributed by atoms with Crippen LogP contribution in [0.15, 0.2) is 9.59 Å². The van der Waals surface area contributed by atoms with Gasteiger partial charge in [0, 0.05) is 12.4 Å². The molecule has 0 saturated heterocycles. The number of hydrogen-bond donors (Lipinski definition) is 2. The van der Waals surface area contributed by atoms with E-state index < -0.39 is 23.6 Å². The van der Waals surface area contributed by atoms with Crippen LogP contribution >= 0.6 is 0 Å². The first-order valence-corrected chi connectivity index (χ1v) is 2.97. The highest BCUT2D eigenvalue weighted by atomic mass is 16.4. The Bertz CT molecular complexity index is 404. The van der Waals surface area contributed by atoms with Crippen molar-refractivity contribution in [1.82, 2.24) is 15.2 Å². The van der Waals surface area contributed by atoms with Crippen molar-refractivity contribution in [3.63, 3.8) is 0 Å². The number of carboxylic acid groups (broad SMARTS) is 1. The Morgan fingerprint density at radius 2 is 2.17 bits per heavy atom. The molecule has 7 nitrogen and oxygen atoms in total. The van der Waals surface area contributed by atoms with Gasteiger partial charge in [0.05, 0.1) is 0 Å². The second-order valence-corrected chi connectivity index (χ2v) is 2.00. The monoisotopic (exact) mass is 170 g/mol. The van der Waals surface area contributed by atoms with Crippen LogP contribution in [0.1, 0.15) is 5.69 Å². The SMILES string of the molecule is O=C([O-])Cc1n[nH]c(=O)[nH]c1=O. The summed E-state index contributed by atoms with van der Waals surface area (Å²) in [7, 11) is 0. The summed E-state index contributed by atoms with van der Waals surface area (Å²) in [5, 5.41) is 15.1. The van der Waals surface area contributed by atoms with E-state index in [0.29, 0.717) is 0 Å². The molecule has 1 rings (SSSR count). The molecule has 64 valence electrons. The van der Waals surface area contributed by atoms with Gasteiger partial charge in [-0.1, -0.05) is 0 Å². The first-order valence-electron chi connectivity index (χ1n) is 2.97. The van der Waals surface area contributed by atoms with Crippen LogP contribution in [0.5, 0.6) is 0 Å². The number of H-pyrrole nitrogens is 2. The molecule has 0 aliphatic rings. The smallest absolute Gasteiger partial charge is 0.342 e. The topological polar surface area (TPSA) is 119 Å².